The van der Waals surface area contributed by atoms with E-state index in [1.54, 1.807) is 19.2 Å². The molecule has 3 rings (SSSR count). The number of benzene rings is 2. The molecule has 0 saturated heterocycles. The molecule has 0 unspecified atom stereocenters. The number of carbonyl (C=O) groups is 1. The molecule has 3 aromatic rings. The van der Waals surface area contributed by atoms with E-state index in [2.05, 4.69) is 37.0 Å². The van der Waals surface area contributed by atoms with E-state index in [1.807, 2.05) is 16.7 Å². The van der Waals surface area contributed by atoms with Gasteiger partial charge in [-0.15, -0.1) is 0 Å². The fraction of sp³-hybridized carbons (Fsp3) is 0.364. The molecule has 28 heavy (non-hydrogen) atoms. The molecule has 6 heteroatoms. The molecule has 0 fully saturated rings. The summed E-state index contributed by atoms with van der Waals surface area (Å²) < 4.78 is 14.1. The van der Waals surface area contributed by atoms with Gasteiger partial charge < -0.3 is 14.0 Å². The van der Waals surface area contributed by atoms with E-state index < -0.39 is 0 Å². The van der Waals surface area contributed by atoms with Crippen molar-refractivity contribution in [3.05, 3.63) is 58.4 Å². The van der Waals surface area contributed by atoms with E-state index >= 15 is 0 Å². The van der Waals surface area contributed by atoms with Crippen molar-refractivity contribution in [2.24, 2.45) is 4.99 Å². The van der Waals surface area contributed by atoms with Crippen LogP contribution in [0.25, 0.3) is 10.2 Å². The third-order valence-corrected chi connectivity index (χ3v) is 5.44. The standard InChI is InChI=1S/C22H26N2O3S/c1-4-5-12-27-18-8-6-7-17(15-18)21(25)23-22-24(11-13-26-3)19-10-9-16(2)14-20(19)28-22/h6-10,14-15H,4-5,11-13H2,1-3H3. The molecule has 0 bridgehead atoms. The predicted octanol–water partition coefficient (Wildman–Crippen LogP) is 4.58. The van der Waals surface area contributed by atoms with Crippen LogP contribution < -0.4 is 9.54 Å². The average molecular weight is 399 g/mol. The Morgan fingerprint density at radius 3 is 2.82 bits per heavy atom. The first-order chi connectivity index (χ1) is 13.6. The fourth-order valence-corrected chi connectivity index (χ4v) is 4.02. The first-order valence-corrected chi connectivity index (χ1v) is 10.3. The van der Waals surface area contributed by atoms with Gasteiger partial charge in [0, 0.05) is 19.2 Å². The van der Waals surface area contributed by atoms with E-state index in [1.165, 1.54) is 16.9 Å². The Labute approximate surface area is 169 Å². The third-order valence-electron chi connectivity index (χ3n) is 4.40. The molecular weight excluding hydrogens is 372 g/mol. The SMILES string of the molecule is CCCCOc1cccc(C(=O)N=c2sc3cc(C)ccc3n2CCOC)c1. The lowest BCUT2D eigenvalue weighted by atomic mass is 10.2. The highest BCUT2D eigenvalue weighted by Crippen LogP contribution is 2.19. The number of aromatic nitrogens is 1. The lowest BCUT2D eigenvalue weighted by Gasteiger charge is -2.06. The normalized spacial score (nSPS) is 11.9. The van der Waals surface area contributed by atoms with Crippen molar-refractivity contribution in [2.45, 2.75) is 33.2 Å². The van der Waals surface area contributed by atoms with Crippen molar-refractivity contribution in [1.82, 2.24) is 4.57 Å². The monoisotopic (exact) mass is 398 g/mol. The van der Waals surface area contributed by atoms with Gasteiger partial charge >= 0.3 is 0 Å². The molecule has 0 saturated carbocycles. The summed E-state index contributed by atoms with van der Waals surface area (Å²) >= 11 is 1.52. The molecule has 0 aliphatic heterocycles. The van der Waals surface area contributed by atoms with E-state index in [-0.39, 0.29) is 5.91 Å². The second-order valence-electron chi connectivity index (χ2n) is 6.65. The molecule has 2 aromatic carbocycles. The molecule has 148 valence electrons. The van der Waals surface area contributed by atoms with Gasteiger partial charge in [-0.25, -0.2) is 0 Å². The van der Waals surface area contributed by atoms with Crippen molar-refractivity contribution in [2.75, 3.05) is 20.3 Å². The number of methoxy groups -OCH3 is 1. The van der Waals surface area contributed by atoms with Crippen LogP contribution in [0.5, 0.6) is 5.75 Å². The quantitative estimate of drug-likeness (QED) is 0.522. The Balaban J connectivity index is 1.94. The minimum atomic E-state index is -0.268. The zero-order valence-electron chi connectivity index (χ0n) is 16.6. The van der Waals surface area contributed by atoms with Crippen molar-refractivity contribution in [3.63, 3.8) is 0 Å². The van der Waals surface area contributed by atoms with Gasteiger partial charge in [-0.1, -0.05) is 36.8 Å². The molecule has 0 atom stereocenters. The number of rotatable bonds is 8. The summed E-state index contributed by atoms with van der Waals surface area (Å²) in [6.45, 7) is 6.03. The van der Waals surface area contributed by atoms with Gasteiger partial charge in [0.25, 0.3) is 5.91 Å². The summed E-state index contributed by atoms with van der Waals surface area (Å²) in [5.41, 5.74) is 2.78. The molecular formula is C22H26N2O3S. The number of amides is 1. The Morgan fingerprint density at radius 1 is 1.18 bits per heavy atom. The van der Waals surface area contributed by atoms with Crippen LogP contribution in [0.15, 0.2) is 47.5 Å². The molecule has 0 aliphatic rings. The largest absolute Gasteiger partial charge is 0.494 e. The number of nitrogens with zero attached hydrogens (tertiary/aromatic N) is 2. The highest BCUT2D eigenvalue weighted by Gasteiger charge is 2.10. The summed E-state index contributed by atoms with van der Waals surface area (Å²) in [6.07, 6.45) is 2.06. The van der Waals surface area contributed by atoms with Crippen LogP contribution in [0, 0.1) is 6.92 Å². The number of thiazole rings is 1. The topological polar surface area (TPSA) is 52.8 Å². The van der Waals surface area contributed by atoms with Crippen LogP contribution in [0.1, 0.15) is 35.7 Å². The smallest absolute Gasteiger partial charge is 0.279 e. The van der Waals surface area contributed by atoms with E-state index in [9.17, 15) is 4.79 Å². The third kappa shape index (κ3) is 4.88. The number of unbranched alkanes of at least 4 members (excludes halogenated alkanes) is 1. The first kappa shape index (κ1) is 20.3. The Morgan fingerprint density at radius 2 is 2.04 bits per heavy atom. The maximum absolute atomic E-state index is 12.8. The number of hydrogen-bond donors (Lipinski definition) is 0. The van der Waals surface area contributed by atoms with Crippen molar-refractivity contribution < 1.29 is 14.3 Å². The summed E-state index contributed by atoms with van der Waals surface area (Å²) in [5.74, 6) is 0.434. The molecule has 0 aliphatic carbocycles. The minimum Gasteiger partial charge on any atom is -0.494 e. The molecule has 0 N–H and O–H groups in total. The van der Waals surface area contributed by atoms with Crippen LogP contribution >= 0.6 is 11.3 Å². The van der Waals surface area contributed by atoms with Crippen LogP contribution in [0.4, 0.5) is 0 Å². The number of fused-ring (bicyclic) bond motifs is 1. The van der Waals surface area contributed by atoms with E-state index in [0.717, 1.165) is 23.1 Å². The Bertz CT molecular complexity index is 1020. The maximum Gasteiger partial charge on any atom is 0.279 e. The van der Waals surface area contributed by atoms with Gasteiger partial charge in [0.05, 0.1) is 23.4 Å². The lowest BCUT2D eigenvalue weighted by molar-refractivity contribution is 0.0997. The van der Waals surface area contributed by atoms with Gasteiger partial charge in [0.2, 0.25) is 0 Å². The molecule has 5 nitrogen and oxygen atoms in total. The first-order valence-electron chi connectivity index (χ1n) is 9.53. The molecule has 0 radical (unpaired) electrons. The van der Waals surface area contributed by atoms with Crippen LogP contribution in [0.3, 0.4) is 0 Å². The van der Waals surface area contributed by atoms with E-state index in [4.69, 9.17) is 9.47 Å². The molecule has 1 heterocycles. The molecule has 1 amide bonds. The molecule has 0 spiro atoms. The second-order valence-corrected chi connectivity index (χ2v) is 7.66. The average Bonchev–Trinajstić information content (AvgIpc) is 3.02. The highest BCUT2D eigenvalue weighted by atomic mass is 32.1. The second kappa shape index (κ2) is 9.66. The summed E-state index contributed by atoms with van der Waals surface area (Å²) in [4.78, 5) is 17.9. The number of aryl methyl sites for hydroxylation is 1. The van der Waals surface area contributed by atoms with Crippen molar-refractivity contribution in [1.29, 1.82) is 0 Å². The summed E-state index contributed by atoms with van der Waals surface area (Å²) in [7, 11) is 1.67. The van der Waals surface area contributed by atoms with Gasteiger partial charge in [-0.2, -0.15) is 4.99 Å². The van der Waals surface area contributed by atoms with Crippen molar-refractivity contribution >= 4 is 27.5 Å². The zero-order chi connectivity index (χ0) is 19.9. The number of ether oxygens (including phenoxy) is 2. The van der Waals surface area contributed by atoms with Crippen LogP contribution in [-0.2, 0) is 11.3 Å². The van der Waals surface area contributed by atoms with Crippen LogP contribution in [-0.4, -0.2) is 30.8 Å². The van der Waals surface area contributed by atoms with E-state index in [0.29, 0.717) is 35.9 Å². The lowest BCUT2D eigenvalue weighted by Crippen LogP contribution is -2.19. The van der Waals surface area contributed by atoms with Gasteiger partial charge in [0.1, 0.15) is 5.75 Å². The zero-order valence-corrected chi connectivity index (χ0v) is 17.4. The number of hydrogen-bond acceptors (Lipinski definition) is 4. The maximum atomic E-state index is 12.8. The predicted molar refractivity (Wildman–Crippen MR) is 113 cm³/mol. The highest BCUT2D eigenvalue weighted by molar-refractivity contribution is 7.16. The number of carbonyl (C=O) groups excluding carboxylic acids is 1. The summed E-state index contributed by atoms with van der Waals surface area (Å²) in [6, 6.07) is 13.5. The van der Waals surface area contributed by atoms with Gasteiger partial charge in [-0.3, -0.25) is 4.79 Å². The molecule has 1 aromatic heterocycles. The van der Waals surface area contributed by atoms with Crippen LogP contribution in [0.2, 0.25) is 0 Å². The van der Waals surface area contributed by atoms with Crippen molar-refractivity contribution in [3.8, 4) is 5.75 Å². The Kier molecular flexibility index (Phi) is 7.01. The van der Waals surface area contributed by atoms with Gasteiger partial charge in [-0.05, 0) is 49.2 Å². The van der Waals surface area contributed by atoms with Gasteiger partial charge in [0.15, 0.2) is 4.80 Å². The minimum absolute atomic E-state index is 0.268. The summed E-state index contributed by atoms with van der Waals surface area (Å²) in [5, 5.41) is 0. The Hall–Kier alpha value is -2.44. The fourth-order valence-electron chi connectivity index (χ4n) is 2.87.